The first-order valence-corrected chi connectivity index (χ1v) is 7.25. The average molecular weight is 332 g/mol. The molecule has 7 heteroatoms. The normalized spacial score (nSPS) is 10.6. The van der Waals surface area contributed by atoms with Crippen molar-refractivity contribution in [2.45, 2.75) is 6.92 Å². The highest BCUT2D eigenvalue weighted by Crippen LogP contribution is 2.28. The third kappa shape index (κ3) is 4.98. The zero-order valence-corrected chi connectivity index (χ0v) is 13.0. The lowest BCUT2D eigenvalue weighted by Gasteiger charge is -2.12. The molecule has 0 aliphatic heterocycles. The van der Waals surface area contributed by atoms with E-state index < -0.39 is 0 Å². The van der Waals surface area contributed by atoms with E-state index in [1.807, 2.05) is 6.92 Å². The first kappa shape index (κ1) is 17.3. The molecule has 0 saturated heterocycles. The molecule has 2 aromatic rings. The zero-order chi connectivity index (χ0) is 17.4. The van der Waals surface area contributed by atoms with E-state index in [2.05, 4.69) is 10.5 Å². The molecule has 0 saturated carbocycles. The number of hydrogen-bond donors (Lipinski definition) is 2. The summed E-state index contributed by atoms with van der Waals surface area (Å²) in [6.45, 7) is 2.00. The summed E-state index contributed by atoms with van der Waals surface area (Å²) in [4.78, 5) is 11.9. The Morgan fingerprint density at radius 3 is 2.62 bits per heavy atom. The monoisotopic (exact) mass is 332 g/mol. The smallest absolute Gasteiger partial charge is 0.262 e. The van der Waals surface area contributed by atoms with E-state index >= 15 is 0 Å². The molecule has 2 aromatic carbocycles. The van der Waals surface area contributed by atoms with E-state index in [1.54, 1.807) is 18.2 Å². The lowest BCUT2D eigenvalue weighted by Crippen LogP contribution is -2.20. The van der Waals surface area contributed by atoms with Crippen molar-refractivity contribution in [2.24, 2.45) is 5.16 Å². The van der Waals surface area contributed by atoms with Crippen LogP contribution in [0, 0.1) is 5.82 Å². The van der Waals surface area contributed by atoms with Gasteiger partial charge in [0.15, 0.2) is 18.1 Å². The Labute approximate surface area is 138 Å². The Bertz CT molecular complexity index is 717. The van der Waals surface area contributed by atoms with Crippen molar-refractivity contribution in [2.75, 3.05) is 18.5 Å². The second-order valence-corrected chi connectivity index (χ2v) is 4.73. The fourth-order valence-corrected chi connectivity index (χ4v) is 1.93. The first-order chi connectivity index (χ1) is 11.6. The Balaban J connectivity index is 1.99. The number of oxime groups is 1. The average Bonchev–Trinajstić information content (AvgIpc) is 2.57. The molecule has 0 spiro atoms. The number of amides is 1. The van der Waals surface area contributed by atoms with Crippen LogP contribution in [-0.4, -0.2) is 30.5 Å². The van der Waals surface area contributed by atoms with Crippen molar-refractivity contribution < 1.29 is 23.9 Å². The number of benzene rings is 2. The van der Waals surface area contributed by atoms with Crippen LogP contribution in [0.15, 0.2) is 47.6 Å². The molecule has 0 fully saturated rings. The van der Waals surface area contributed by atoms with Gasteiger partial charge in [0, 0.05) is 11.3 Å². The summed E-state index contributed by atoms with van der Waals surface area (Å²) in [7, 11) is 0. The van der Waals surface area contributed by atoms with Crippen molar-refractivity contribution in [3.05, 3.63) is 53.8 Å². The van der Waals surface area contributed by atoms with E-state index in [1.165, 1.54) is 30.5 Å². The van der Waals surface area contributed by atoms with Gasteiger partial charge in [-0.3, -0.25) is 4.79 Å². The minimum absolute atomic E-state index is 0.231. The predicted octanol–water partition coefficient (Wildman–Crippen LogP) is 3.05. The van der Waals surface area contributed by atoms with Crippen LogP contribution in [0.25, 0.3) is 0 Å². The van der Waals surface area contributed by atoms with Crippen LogP contribution in [0.2, 0.25) is 0 Å². The van der Waals surface area contributed by atoms with Gasteiger partial charge in [-0.2, -0.15) is 0 Å². The maximum absolute atomic E-state index is 12.8. The lowest BCUT2D eigenvalue weighted by atomic mass is 10.2. The molecule has 6 nitrogen and oxygen atoms in total. The molecule has 126 valence electrons. The molecule has 1 amide bonds. The number of carbonyl (C=O) groups excluding carboxylic acids is 1. The molecule has 0 radical (unpaired) electrons. The predicted molar refractivity (Wildman–Crippen MR) is 87.5 cm³/mol. The number of nitrogens with zero attached hydrogens (tertiary/aromatic N) is 1. The number of anilines is 1. The SMILES string of the molecule is CCOc1cc(C=NO)ccc1OCC(=O)Nc1ccc(F)cc1. The summed E-state index contributed by atoms with van der Waals surface area (Å²) in [5.74, 6) is 0.0628. The minimum atomic E-state index is -0.384. The van der Waals surface area contributed by atoms with Gasteiger partial charge in [-0.1, -0.05) is 5.16 Å². The molecule has 0 aliphatic rings. The van der Waals surface area contributed by atoms with Crippen LogP contribution >= 0.6 is 0 Å². The number of carbonyl (C=O) groups is 1. The van der Waals surface area contributed by atoms with Crippen molar-refractivity contribution in [3.8, 4) is 11.5 Å². The Kier molecular flexibility index (Phi) is 6.13. The van der Waals surface area contributed by atoms with Gasteiger partial charge in [0.1, 0.15) is 5.82 Å². The summed E-state index contributed by atoms with van der Waals surface area (Å²) in [5.41, 5.74) is 1.11. The second kappa shape index (κ2) is 8.52. The van der Waals surface area contributed by atoms with E-state index in [4.69, 9.17) is 14.7 Å². The van der Waals surface area contributed by atoms with E-state index in [9.17, 15) is 9.18 Å². The lowest BCUT2D eigenvalue weighted by molar-refractivity contribution is -0.118. The Hall–Kier alpha value is -3.09. The molecular formula is C17H17FN2O4. The fourth-order valence-electron chi connectivity index (χ4n) is 1.93. The molecule has 0 aliphatic carbocycles. The van der Waals surface area contributed by atoms with Crippen LogP contribution in [-0.2, 0) is 4.79 Å². The Morgan fingerprint density at radius 2 is 1.96 bits per heavy atom. The van der Waals surface area contributed by atoms with Gasteiger partial charge in [-0.05, 0) is 49.4 Å². The summed E-state index contributed by atoms with van der Waals surface area (Å²) >= 11 is 0. The van der Waals surface area contributed by atoms with Crippen LogP contribution in [0.5, 0.6) is 11.5 Å². The number of halogens is 1. The van der Waals surface area contributed by atoms with Gasteiger partial charge < -0.3 is 20.0 Å². The van der Waals surface area contributed by atoms with Crippen LogP contribution in [0.1, 0.15) is 12.5 Å². The quantitative estimate of drug-likeness (QED) is 0.464. The molecule has 0 aromatic heterocycles. The fraction of sp³-hybridized carbons (Fsp3) is 0.176. The van der Waals surface area contributed by atoms with Gasteiger partial charge in [0.2, 0.25) is 0 Å². The third-order valence-electron chi connectivity index (χ3n) is 2.96. The van der Waals surface area contributed by atoms with Crippen molar-refractivity contribution in [1.82, 2.24) is 0 Å². The second-order valence-electron chi connectivity index (χ2n) is 4.73. The molecule has 24 heavy (non-hydrogen) atoms. The minimum Gasteiger partial charge on any atom is -0.490 e. The maximum atomic E-state index is 12.8. The maximum Gasteiger partial charge on any atom is 0.262 e. The molecule has 2 N–H and O–H groups in total. The summed E-state index contributed by atoms with van der Waals surface area (Å²) < 4.78 is 23.7. The van der Waals surface area contributed by atoms with Crippen LogP contribution in [0.3, 0.4) is 0 Å². The summed E-state index contributed by atoms with van der Waals surface area (Å²) in [6.07, 6.45) is 1.26. The topological polar surface area (TPSA) is 80.2 Å². The van der Waals surface area contributed by atoms with Gasteiger partial charge in [-0.15, -0.1) is 0 Å². The number of ether oxygens (including phenoxy) is 2. The highest BCUT2D eigenvalue weighted by atomic mass is 19.1. The number of rotatable bonds is 7. The van der Waals surface area contributed by atoms with Gasteiger partial charge in [0.05, 0.1) is 12.8 Å². The van der Waals surface area contributed by atoms with Crippen LogP contribution < -0.4 is 14.8 Å². The largest absolute Gasteiger partial charge is 0.490 e. The van der Waals surface area contributed by atoms with Crippen LogP contribution in [0.4, 0.5) is 10.1 Å². The third-order valence-corrected chi connectivity index (χ3v) is 2.96. The Morgan fingerprint density at radius 1 is 1.21 bits per heavy atom. The highest BCUT2D eigenvalue weighted by Gasteiger charge is 2.09. The number of nitrogens with one attached hydrogen (secondary N) is 1. The van der Waals surface area contributed by atoms with Crippen molar-refractivity contribution >= 4 is 17.8 Å². The van der Waals surface area contributed by atoms with E-state index in [-0.39, 0.29) is 18.3 Å². The first-order valence-electron chi connectivity index (χ1n) is 7.25. The summed E-state index contributed by atoms with van der Waals surface area (Å²) in [6, 6.07) is 10.3. The molecule has 0 unspecified atom stereocenters. The highest BCUT2D eigenvalue weighted by molar-refractivity contribution is 5.91. The molecular weight excluding hydrogens is 315 g/mol. The standard InChI is InChI=1S/C17H17FN2O4/c1-2-23-16-9-12(10-19-22)3-8-15(16)24-11-17(21)20-14-6-4-13(18)5-7-14/h3-10,22H,2,11H2,1H3,(H,20,21). The number of hydrogen-bond acceptors (Lipinski definition) is 5. The molecule has 0 heterocycles. The van der Waals surface area contributed by atoms with Gasteiger partial charge >= 0.3 is 0 Å². The molecule has 0 bridgehead atoms. The van der Waals surface area contributed by atoms with Crippen molar-refractivity contribution in [3.63, 3.8) is 0 Å². The van der Waals surface area contributed by atoms with E-state index in [0.717, 1.165) is 0 Å². The molecule has 2 rings (SSSR count). The van der Waals surface area contributed by atoms with Gasteiger partial charge in [0.25, 0.3) is 5.91 Å². The zero-order valence-electron chi connectivity index (χ0n) is 13.0. The van der Waals surface area contributed by atoms with Gasteiger partial charge in [-0.25, -0.2) is 4.39 Å². The van der Waals surface area contributed by atoms with E-state index in [0.29, 0.717) is 29.4 Å². The summed E-state index contributed by atoms with van der Waals surface area (Å²) in [5, 5.41) is 14.1. The van der Waals surface area contributed by atoms with Crippen molar-refractivity contribution in [1.29, 1.82) is 0 Å². The molecule has 0 atom stereocenters.